The molecule has 0 aliphatic rings. The van der Waals surface area contributed by atoms with E-state index < -0.39 is 5.60 Å². The van der Waals surface area contributed by atoms with Crippen LogP contribution in [0.2, 0.25) is 0 Å². The number of nitrogens with zero attached hydrogens (tertiary/aromatic N) is 1. The maximum absolute atomic E-state index is 9.96. The number of ether oxygens (including phenoxy) is 2. The lowest BCUT2D eigenvalue weighted by Gasteiger charge is -2.17. The second kappa shape index (κ2) is 6.99. The standard InChI is InChI=1S/C20H21NO4/c1-20(2,22)15-6-10-17(11-7-15)24-13-19-21-12-18(25-19)14-4-8-16(23-3)9-5-14/h4-12,22H,13H2,1-3H3. The summed E-state index contributed by atoms with van der Waals surface area (Å²) in [7, 11) is 1.63. The number of benzene rings is 2. The van der Waals surface area contributed by atoms with Gasteiger partial charge < -0.3 is 19.0 Å². The highest BCUT2D eigenvalue weighted by Crippen LogP contribution is 2.25. The van der Waals surface area contributed by atoms with Gasteiger partial charge in [0.15, 0.2) is 12.4 Å². The van der Waals surface area contributed by atoms with Crippen LogP contribution in [-0.4, -0.2) is 17.2 Å². The van der Waals surface area contributed by atoms with Crippen LogP contribution in [0.25, 0.3) is 11.3 Å². The van der Waals surface area contributed by atoms with Crippen molar-refractivity contribution in [3.8, 4) is 22.8 Å². The summed E-state index contributed by atoms with van der Waals surface area (Å²) >= 11 is 0. The molecule has 5 heteroatoms. The van der Waals surface area contributed by atoms with E-state index in [1.54, 1.807) is 27.2 Å². The highest BCUT2D eigenvalue weighted by atomic mass is 16.5. The van der Waals surface area contributed by atoms with Gasteiger partial charge in [0.05, 0.1) is 18.9 Å². The Morgan fingerprint density at radius 3 is 2.24 bits per heavy atom. The van der Waals surface area contributed by atoms with Crippen molar-refractivity contribution in [1.29, 1.82) is 0 Å². The normalized spacial score (nSPS) is 11.4. The molecule has 0 saturated heterocycles. The molecule has 1 heterocycles. The highest BCUT2D eigenvalue weighted by molar-refractivity contribution is 5.57. The zero-order valence-corrected chi connectivity index (χ0v) is 14.5. The third kappa shape index (κ3) is 4.19. The Balaban J connectivity index is 1.63. The molecular weight excluding hydrogens is 318 g/mol. The van der Waals surface area contributed by atoms with Gasteiger partial charge in [-0.2, -0.15) is 0 Å². The molecule has 0 atom stereocenters. The Labute approximate surface area is 146 Å². The number of hydrogen-bond acceptors (Lipinski definition) is 5. The van der Waals surface area contributed by atoms with Crippen molar-refractivity contribution in [2.45, 2.75) is 26.1 Å². The molecule has 0 radical (unpaired) electrons. The molecule has 3 aromatic rings. The molecule has 0 aliphatic carbocycles. The molecule has 2 aromatic carbocycles. The van der Waals surface area contributed by atoms with Gasteiger partial charge in [0, 0.05) is 5.56 Å². The molecular formula is C20H21NO4. The van der Waals surface area contributed by atoms with Gasteiger partial charge in [-0.25, -0.2) is 4.98 Å². The van der Waals surface area contributed by atoms with E-state index in [9.17, 15) is 5.11 Å². The van der Waals surface area contributed by atoms with E-state index in [-0.39, 0.29) is 6.61 Å². The number of aliphatic hydroxyl groups is 1. The molecule has 0 fully saturated rings. The third-order valence-corrected chi connectivity index (χ3v) is 3.85. The van der Waals surface area contributed by atoms with Crippen LogP contribution < -0.4 is 9.47 Å². The zero-order valence-electron chi connectivity index (χ0n) is 14.5. The summed E-state index contributed by atoms with van der Waals surface area (Å²) in [6.45, 7) is 3.73. The van der Waals surface area contributed by atoms with E-state index in [4.69, 9.17) is 13.9 Å². The lowest BCUT2D eigenvalue weighted by molar-refractivity contribution is 0.0785. The van der Waals surface area contributed by atoms with Gasteiger partial charge in [-0.1, -0.05) is 12.1 Å². The lowest BCUT2D eigenvalue weighted by atomic mass is 9.99. The Morgan fingerprint density at radius 1 is 1.00 bits per heavy atom. The van der Waals surface area contributed by atoms with Gasteiger partial charge in [-0.05, 0) is 55.8 Å². The summed E-state index contributed by atoms with van der Waals surface area (Å²) in [4.78, 5) is 4.24. The van der Waals surface area contributed by atoms with Crippen LogP contribution >= 0.6 is 0 Å². The first-order valence-electron chi connectivity index (χ1n) is 8.00. The summed E-state index contributed by atoms with van der Waals surface area (Å²) in [6.07, 6.45) is 1.68. The largest absolute Gasteiger partial charge is 0.497 e. The Kier molecular flexibility index (Phi) is 4.76. The first kappa shape index (κ1) is 17.0. The van der Waals surface area contributed by atoms with Crippen molar-refractivity contribution in [3.63, 3.8) is 0 Å². The van der Waals surface area contributed by atoms with E-state index in [0.717, 1.165) is 16.9 Å². The van der Waals surface area contributed by atoms with Crippen LogP contribution in [0, 0.1) is 0 Å². The molecule has 1 aromatic heterocycles. The van der Waals surface area contributed by atoms with Crippen molar-refractivity contribution in [3.05, 3.63) is 66.2 Å². The summed E-state index contributed by atoms with van der Waals surface area (Å²) < 4.78 is 16.6. The molecule has 1 N–H and O–H groups in total. The van der Waals surface area contributed by atoms with Crippen molar-refractivity contribution < 1.29 is 19.0 Å². The van der Waals surface area contributed by atoms with E-state index in [2.05, 4.69) is 4.98 Å². The molecule has 3 rings (SSSR count). The zero-order chi connectivity index (χ0) is 17.9. The molecule has 0 saturated carbocycles. The SMILES string of the molecule is COc1ccc(-c2cnc(COc3ccc(C(C)(C)O)cc3)o2)cc1. The average Bonchev–Trinajstić information content (AvgIpc) is 3.09. The fourth-order valence-electron chi connectivity index (χ4n) is 2.37. The van der Waals surface area contributed by atoms with Crippen LogP contribution in [0.1, 0.15) is 25.3 Å². The van der Waals surface area contributed by atoms with Gasteiger partial charge in [-0.3, -0.25) is 0 Å². The second-order valence-corrected chi connectivity index (χ2v) is 6.22. The van der Waals surface area contributed by atoms with Crippen molar-refractivity contribution in [2.24, 2.45) is 0 Å². The molecule has 130 valence electrons. The van der Waals surface area contributed by atoms with Crippen LogP contribution in [-0.2, 0) is 12.2 Å². The number of hydrogen-bond donors (Lipinski definition) is 1. The molecule has 0 bridgehead atoms. The molecule has 0 unspecified atom stereocenters. The second-order valence-electron chi connectivity index (χ2n) is 6.22. The lowest BCUT2D eigenvalue weighted by Crippen LogP contribution is -2.14. The monoisotopic (exact) mass is 339 g/mol. The number of aromatic nitrogens is 1. The predicted octanol–water partition coefficient (Wildman–Crippen LogP) is 4.16. The maximum Gasteiger partial charge on any atom is 0.232 e. The summed E-state index contributed by atoms with van der Waals surface area (Å²) in [5, 5.41) is 9.96. The van der Waals surface area contributed by atoms with E-state index in [0.29, 0.717) is 17.4 Å². The Morgan fingerprint density at radius 2 is 1.64 bits per heavy atom. The van der Waals surface area contributed by atoms with E-state index in [1.807, 2.05) is 48.5 Å². The fourth-order valence-corrected chi connectivity index (χ4v) is 2.37. The number of rotatable bonds is 6. The summed E-state index contributed by atoms with van der Waals surface area (Å²) in [6, 6.07) is 14.9. The Hall–Kier alpha value is -2.79. The number of methoxy groups -OCH3 is 1. The first-order chi connectivity index (χ1) is 12.0. The summed E-state index contributed by atoms with van der Waals surface area (Å²) in [5.41, 5.74) is 0.890. The van der Waals surface area contributed by atoms with Gasteiger partial charge in [0.2, 0.25) is 5.89 Å². The highest BCUT2D eigenvalue weighted by Gasteiger charge is 2.15. The van der Waals surface area contributed by atoms with E-state index in [1.165, 1.54) is 0 Å². The minimum atomic E-state index is -0.867. The van der Waals surface area contributed by atoms with E-state index >= 15 is 0 Å². The van der Waals surface area contributed by atoms with Crippen LogP contribution in [0.5, 0.6) is 11.5 Å². The predicted molar refractivity (Wildman–Crippen MR) is 94.5 cm³/mol. The molecule has 0 amide bonds. The van der Waals surface area contributed by atoms with Gasteiger partial charge in [0.25, 0.3) is 0 Å². The maximum atomic E-state index is 9.96. The first-order valence-corrected chi connectivity index (χ1v) is 8.00. The quantitative estimate of drug-likeness (QED) is 0.730. The molecule has 25 heavy (non-hydrogen) atoms. The van der Waals surface area contributed by atoms with Crippen molar-refractivity contribution in [2.75, 3.05) is 7.11 Å². The molecule has 5 nitrogen and oxygen atoms in total. The molecule has 0 aliphatic heterocycles. The average molecular weight is 339 g/mol. The fraction of sp³-hybridized carbons (Fsp3) is 0.250. The minimum absolute atomic E-state index is 0.234. The third-order valence-electron chi connectivity index (χ3n) is 3.85. The van der Waals surface area contributed by atoms with Gasteiger partial charge >= 0.3 is 0 Å². The van der Waals surface area contributed by atoms with Crippen LogP contribution in [0.4, 0.5) is 0 Å². The van der Waals surface area contributed by atoms with Crippen LogP contribution in [0.3, 0.4) is 0 Å². The van der Waals surface area contributed by atoms with Gasteiger partial charge in [-0.15, -0.1) is 0 Å². The van der Waals surface area contributed by atoms with Crippen LogP contribution in [0.15, 0.2) is 59.1 Å². The van der Waals surface area contributed by atoms with Crippen molar-refractivity contribution in [1.82, 2.24) is 4.98 Å². The summed E-state index contributed by atoms with van der Waals surface area (Å²) in [5.74, 6) is 2.66. The smallest absolute Gasteiger partial charge is 0.232 e. The van der Waals surface area contributed by atoms with Crippen molar-refractivity contribution >= 4 is 0 Å². The topological polar surface area (TPSA) is 64.7 Å². The minimum Gasteiger partial charge on any atom is -0.497 e. The molecule has 0 spiro atoms. The Bertz CT molecular complexity index is 814. The van der Waals surface area contributed by atoms with Gasteiger partial charge in [0.1, 0.15) is 11.5 Å². The number of oxazole rings is 1.